The molecule has 1 aliphatic carbocycles. The van der Waals surface area contributed by atoms with Crippen LogP contribution in [0.1, 0.15) is 41.3 Å². The van der Waals surface area contributed by atoms with Crippen LogP contribution in [0.15, 0.2) is 18.3 Å². The summed E-state index contributed by atoms with van der Waals surface area (Å²) in [7, 11) is 0. The Balaban J connectivity index is 1.95. The fourth-order valence-corrected chi connectivity index (χ4v) is 2.76. The first-order valence-corrected chi connectivity index (χ1v) is 6.68. The molecule has 0 fully saturated rings. The van der Waals surface area contributed by atoms with Gasteiger partial charge < -0.3 is 4.57 Å². The number of hydrogen-bond acceptors (Lipinski definition) is 3. The first kappa shape index (κ1) is 11.9. The van der Waals surface area contributed by atoms with Gasteiger partial charge in [0.25, 0.3) is 0 Å². The van der Waals surface area contributed by atoms with E-state index >= 15 is 0 Å². The number of pyridine rings is 1. The molecule has 0 aliphatic heterocycles. The summed E-state index contributed by atoms with van der Waals surface area (Å²) >= 11 is 0. The number of fused-ring (bicyclic) bond motifs is 1. The van der Waals surface area contributed by atoms with Crippen LogP contribution >= 0.6 is 0 Å². The average Bonchev–Trinajstić information content (AvgIpc) is 2.76. The molecule has 96 valence electrons. The van der Waals surface area contributed by atoms with Gasteiger partial charge in [-0.3, -0.25) is 0 Å². The van der Waals surface area contributed by atoms with Crippen molar-refractivity contribution in [3.05, 3.63) is 46.8 Å². The molecule has 4 nitrogen and oxygen atoms in total. The molecule has 0 radical (unpaired) electrons. The maximum Gasteiger partial charge on any atom is 0.140 e. The summed E-state index contributed by atoms with van der Waals surface area (Å²) < 4.78 is 2.28. The highest BCUT2D eigenvalue weighted by Crippen LogP contribution is 2.23. The van der Waals surface area contributed by atoms with Crippen LogP contribution in [0, 0.1) is 18.3 Å². The standard InChI is InChI=1S/C15H16N4/c1-11-18-14-4-2-3-5-15(14)19(11)10-12-6-7-17-13(8-12)9-16/h6-8H,2-5,10H2,1H3. The van der Waals surface area contributed by atoms with Crippen molar-refractivity contribution in [3.63, 3.8) is 0 Å². The number of imidazole rings is 1. The monoisotopic (exact) mass is 252 g/mol. The molecule has 2 aromatic rings. The topological polar surface area (TPSA) is 54.5 Å². The van der Waals surface area contributed by atoms with Gasteiger partial charge in [0.05, 0.1) is 5.69 Å². The zero-order valence-electron chi connectivity index (χ0n) is 11.1. The van der Waals surface area contributed by atoms with Crippen LogP contribution in [0.2, 0.25) is 0 Å². The van der Waals surface area contributed by atoms with E-state index in [2.05, 4.69) is 27.5 Å². The van der Waals surface area contributed by atoms with Gasteiger partial charge in [-0.1, -0.05) is 0 Å². The highest BCUT2D eigenvalue weighted by molar-refractivity contribution is 5.27. The molecule has 0 bridgehead atoms. The van der Waals surface area contributed by atoms with Gasteiger partial charge in [0, 0.05) is 18.4 Å². The van der Waals surface area contributed by atoms with Crippen molar-refractivity contribution in [1.29, 1.82) is 5.26 Å². The summed E-state index contributed by atoms with van der Waals surface area (Å²) in [5.41, 5.74) is 4.22. The SMILES string of the molecule is Cc1nc2c(n1Cc1ccnc(C#N)c1)CCCC2. The number of rotatable bonds is 2. The Morgan fingerprint density at radius 2 is 2.21 bits per heavy atom. The lowest BCUT2D eigenvalue weighted by atomic mass is 10.0. The molecule has 0 atom stereocenters. The Labute approximate surface area is 112 Å². The van der Waals surface area contributed by atoms with Gasteiger partial charge in [0.1, 0.15) is 17.6 Å². The molecule has 2 heterocycles. The molecule has 0 aromatic carbocycles. The van der Waals surface area contributed by atoms with Crippen LogP contribution in [0.5, 0.6) is 0 Å². The lowest BCUT2D eigenvalue weighted by molar-refractivity contribution is 0.624. The number of nitrogens with zero attached hydrogens (tertiary/aromatic N) is 4. The lowest BCUT2D eigenvalue weighted by Gasteiger charge is -2.14. The van der Waals surface area contributed by atoms with Gasteiger partial charge in [-0.2, -0.15) is 5.26 Å². The third-order valence-corrected chi connectivity index (χ3v) is 3.70. The largest absolute Gasteiger partial charge is 0.328 e. The van der Waals surface area contributed by atoms with Crippen molar-refractivity contribution in [1.82, 2.24) is 14.5 Å². The highest BCUT2D eigenvalue weighted by atomic mass is 15.1. The number of nitriles is 1. The van der Waals surface area contributed by atoms with E-state index in [1.54, 1.807) is 6.20 Å². The third-order valence-electron chi connectivity index (χ3n) is 3.70. The van der Waals surface area contributed by atoms with Crippen molar-refractivity contribution < 1.29 is 0 Å². The summed E-state index contributed by atoms with van der Waals surface area (Å²) in [4.78, 5) is 8.68. The fourth-order valence-electron chi connectivity index (χ4n) is 2.76. The predicted octanol–water partition coefficient (Wildman–Crippen LogP) is 2.39. The molecule has 4 heteroatoms. The van der Waals surface area contributed by atoms with Crippen molar-refractivity contribution >= 4 is 0 Å². The second kappa shape index (κ2) is 4.85. The molecular weight excluding hydrogens is 236 g/mol. The van der Waals surface area contributed by atoms with E-state index in [0.717, 1.165) is 30.8 Å². The van der Waals surface area contributed by atoms with Gasteiger partial charge in [-0.15, -0.1) is 0 Å². The summed E-state index contributed by atoms with van der Waals surface area (Å²) in [6, 6.07) is 5.91. The summed E-state index contributed by atoms with van der Waals surface area (Å²) in [6.07, 6.45) is 6.41. The summed E-state index contributed by atoms with van der Waals surface area (Å²) in [5, 5.41) is 8.90. The maximum atomic E-state index is 8.90. The van der Waals surface area contributed by atoms with E-state index < -0.39 is 0 Å². The normalized spacial score (nSPS) is 13.9. The van der Waals surface area contributed by atoms with Crippen molar-refractivity contribution in [2.45, 2.75) is 39.2 Å². The molecule has 0 saturated carbocycles. The molecule has 0 amide bonds. The smallest absolute Gasteiger partial charge is 0.140 e. The molecule has 0 N–H and O–H groups in total. The minimum absolute atomic E-state index is 0.476. The number of aromatic nitrogens is 3. The maximum absolute atomic E-state index is 8.90. The molecule has 2 aromatic heterocycles. The Kier molecular flexibility index (Phi) is 3.04. The molecule has 0 saturated heterocycles. The molecular formula is C15H16N4. The molecule has 3 rings (SSSR count). The van der Waals surface area contributed by atoms with E-state index in [9.17, 15) is 0 Å². The second-order valence-corrected chi connectivity index (χ2v) is 5.01. The Bertz CT molecular complexity index is 649. The molecule has 0 unspecified atom stereocenters. The van der Waals surface area contributed by atoms with Gasteiger partial charge in [0.15, 0.2) is 0 Å². The Hall–Kier alpha value is -2.15. The van der Waals surface area contributed by atoms with E-state index in [4.69, 9.17) is 5.26 Å². The Morgan fingerprint density at radius 1 is 1.37 bits per heavy atom. The van der Waals surface area contributed by atoms with Crippen LogP contribution in [0.25, 0.3) is 0 Å². The van der Waals surface area contributed by atoms with Gasteiger partial charge in [-0.25, -0.2) is 9.97 Å². The minimum Gasteiger partial charge on any atom is -0.328 e. The number of aryl methyl sites for hydroxylation is 2. The fraction of sp³-hybridized carbons (Fsp3) is 0.400. The summed E-state index contributed by atoms with van der Waals surface area (Å²) in [6.45, 7) is 2.84. The van der Waals surface area contributed by atoms with Gasteiger partial charge in [-0.05, 0) is 50.3 Å². The quantitative estimate of drug-likeness (QED) is 0.824. The molecule has 19 heavy (non-hydrogen) atoms. The van der Waals surface area contributed by atoms with Crippen molar-refractivity contribution in [3.8, 4) is 6.07 Å². The highest BCUT2D eigenvalue weighted by Gasteiger charge is 2.17. The molecule has 1 aliphatic rings. The van der Waals surface area contributed by atoms with Crippen LogP contribution < -0.4 is 0 Å². The van der Waals surface area contributed by atoms with Crippen LogP contribution in [-0.4, -0.2) is 14.5 Å². The zero-order valence-corrected chi connectivity index (χ0v) is 11.1. The van der Waals surface area contributed by atoms with Crippen molar-refractivity contribution in [2.24, 2.45) is 0 Å². The zero-order chi connectivity index (χ0) is 13.2. The van der Waals surface area contributed by atoms with Crippen LogP contribution in [0.3, 0.4) is 0 Å². The van der Waals surface area contributed by atoms with Gasteiger partial charge >= 0.3 is 0 Å². The first-order valence-electron chi connectivity index (χ1n) is 6.68. The second-order valence-electron chi connectivity index (χ2n) is 5.01. The van der Waals surface area contributed by atoms with E-state index in [-0.39, 0.29) is 0 Å². The van der Waals surface area contributed by atoms with E-state index in [1.165, 1.54) is 24.2 Å². The lowest BCUT2D eigenvalue weighted by Crippen LogP contribution is -2.10. The van der Waals surface area contributed by atoms with Gasteiger partial charge in [0.2, 0.25) is 0 Å². The third kappa shape index (κ3) is 2.24. The van der Waals surface area contributed by atoms with E-state index in [1.807, 2.05) is 12.1 Å². The minimum atomic E-state index is 0.476. The number of hydrogen-bond donors (Lipinski definition) is 0. The molecule has 0 spiro atoms. The first-order chi connectivity index (χ1) is 9.28. The average molecular weight is 252 g/mol. The van der Waals surface area contributed by atoms with Crippen molar-refractivity contribution in [2.75, 3.05) is 0 Å². The Morgan fingerprint density at radius 3 is 3.05 bits per heavy atom. The predicted molar refractivity (Wildman–Crippen MR) is 71.7 cm³/mol. The van der Waals surface area contributed by atoms with Crippen LogP contribution in [-0.2, 0) is 19.4 Å². The van der Waals surface area contributed by atoms with Crippen LogP contribution in [0.4, 0.5) is 0 Å². The van der Waals surface area contributed by atoms with E-state index in [0.29, 0.717) is 5.69 Å². The summed E-state index contributed by atoms with van der Waals surface area (Å²) in [5.74, 6) is 1.07.